The molecule has 1 N–H and O–H groups in total. The second-order valence-electron chi connectivity index (χ2n) is 5.00. The van der Waals surface area contributed by atoms with Gasteiger partial charge in [-0.1, -0.05) is 18.2 Å². The largest absolute Gasteiger partial charge is 0.465 e. The fourth-order valence-corrected chi connectivity index (χ4v) is 3.08. The second-order valence-corrected chi connectivity index (χ2v) is 6.08. The molecular formula is C17H15N3O3S. The molecule has 1 aromatic carbocycles. The fraction of sp³-hybridized carbons (Fsp3) is 0.118. The second kappa shape index (κ2) is 6.67. The van der Waals surface area contributed by atoms with E-state index in [9.17, 15) is 9.59 Å². The molecule has 0 aliphatic heterocycles. The highest BCUT2D eigenvalue weighted by atomic mass is 32.1. The molecule has 0 saturated carbocycles. The number of aromatic nitrogens is 2. The van der Waals surface area contributed by atoms with E-state index in [2.05, 4.69) is 15.2 Å². The molecule has 2 heterocycles. The third-order valence-corrected chi connectivity index (χ3v) is 4.47. The van der Waals surface area contributed by atoms with Crippen LogP contribution in [-0.4, -0.2) is 28.8 Å². The van der Waals surface area contributed by atoms with Crippen LogP contribution in [0.3, 0.4) is 0 Å². The summed E-state index contributed by atoms with van der Waals surface area (Å²) in [4.78, 5) is 24.3. The van der Waals surface area contributed by atoms with Gasteiger partial charge in [-0.2, -0.15) is 5.10 Å². The first-order valence-corrected chi connectivity index (χ1v) is 8.01. The zero-order valence-corrected chi connectivity index (χ0v) is 14.0. The number of rotatable bonds is 4. The highest BCUT2D eigenvalue weighted by Gasteiger charge is 2.17. The third-order valence-electron chi connectivity index (χ3n) is 3.48. The Morgan fingerprint density at radius 2 is 1.92 bits per heavy atom. The lowest BCUT2D eigenvalue weighted by molar-refractivity contribution is 0.0606. The van der Waals surface area contributed by atoms with Gasteiger partial charge in [0.15, 0.2) is 0 Å². The topological polar surface area (TPSA) is 73.2 Å². The van der Waals surface area contributed by atoms with E-state index in [0.717, 1.165) is 22.7 Å². The van der Waals surface area contributed by atoms with Gasteiger partial charge in [-0.25, -0.2) is 9.48 Å². The highest BCUT2D eigenvalue weighted by Crippen LogP contribution is 2.24. The van der Waals surface area contributed by atoms with Crippen LogP contribution in [0.25, 0.3) is 5.69 Å². The molecule has 0 unspecified atom stereocenters. The van der Waals surface area contributed by atoms with Crippen molar-refractivity contribution < 1.29 is 14.3 Å². The average Bonchev–Trinajstić information content (AvgIpc) is 3.21. The maximum atomic E-state index is 12.5. The average molecular weight is 341 g/mol. The Kier molecular flexibility index (Phi) is 4.43. The molecule has 3 aromatic rings. The number of amides is 1. The number of thiophene rings is 1. The maximum Gasteiger partial charge on any atom is 0.348 e. The first-order chi connectivity index (χ1) is 11.6. The number of carbonyl (C=O) groups is 2. The molecule has 0 atom stereocenters. The summed E-state index contributed by atoms with van der Waals surface area (Å²) in [5.74, 6) is -0.693. The monoisotopic (exact) mass is 341 g/mol. The number of ether oxygens (including phenoxy) is 1. The van der Waals surface area contributed by atoms with Crippen molar-refractivity contribution in [2.75, 3.05) is 12.4 Å². The molecule has 0 spiro atoms. The van der Waals surface area contributed by atoms with Crippen molar-refractivity contribution in [2.45, 2.75) is 6.92 Å². The Hall–Kier alpha value is -2.93. The summed E-state index contributed by atoms with van der Waals surface area (Å²) in [5, 5.41) is 7.64. The highest BCUT2D eigenvalue weighted by molar-refractivity contribution is 7.18. The summed E-state index contributed by atoms with van der Waals surface area (Å²) in [6.07, 6.45) is 1.53. The molecule has 0 bridgehead atoms. The van der Waals surface area contributed by atoms with Crippen LogP contribution in [0.4, 0.5) is 5.00 Å². The van der Waals surface area contributed by atoms with E-state index in [1.807, 2.05) is 37.3 Å². The quantitative estimate of drug-likeness (QED) is 0.739. The third kappa shape index (κ3) is 3.07. The van der Waals surface area contributed by atoms with Crippen molar-refractivity contribution in [2.24, 2.45) is 0 Å². The maximum absolute atomic E-state index is 12.5. The summed E-state index contributed by atoms with van der Waals surface area (Å²) in [6.45, 7) is 1.84. The Morgan fingerprint density at radius 1 is 1.17 bits per heavy atom. The van der Waals surface area contributed by atoms with Crippen molar-refractivity contribution in [3.05, 3.63) is 64.8 Å². The SMILES string of the molecule is COC(=O)c1ccc(NC(=O)c2cnn(-c3ccccc3)c2C)s1. The van der Waals surface area contributed by atoms with Gasteiger partial charge in [-0.3, -0.25) is 4.79 Å². The van der Waals surface area contributed by atoms with Gasteiger partial charge in [-0.05, 0) is 31.2 Å². The molecule has 0 aliphatic carbocycles. The smallest absolute Gasteiger partial charge is 0.348 e. The Labute approximate surface area is 142 Å². The molecule has 3 rings (SSSR count). The first-order valence-electron chi connectivity index (χ1n) is 7.19. The number of nitrogens with zero attached hydrogens (tertiary/aromatic N) is 2. The Morgan fingerprint density at radius 3 is 2.62 bits per heavy atom. The van der Waals surface area contributed by atoms with Gasteiger partial charge < -0.3 is 10.1 Å². The van der Waals surface area contributed by atoms with Crippen LogP contribution in [0.15, 0.2) is 48.7 Å². The number of methoxy groups -OCH3 is 1. The number of esters is 1. The summed E-state index contributed by atoms with van der Waals surface area (Å²) in [6, 6.07) is 12.9. The molecule has 0 fully saturated rings. The van der Waals surface area contributed by atoms with E-state index in [4.69, 9.17) is 0 Å². The summed E-state index contributed by atoms with van der Waals surface area (Å²) in [5.41, 5.74) is 2.11. The van der Waals surface area contributed by atoms with Crippen LogP contribution >= 0.6 is 11.3 Å². The van der Waals surface area contributed by atoms with Crippen LogP contribution in [0.2, 0.25) is 0 Å². The predicted octanol–water partition coefficient (Wildman–Crippen LogP) is 3.28. The van der Waals surface area contributed by atoms with Crippen LogP contribution < -0.4 is 5.32 Å². The normalized spacial score (nSPS) is 10.4. The standard InChI is InChI=1S/C17H15N3O3S/c1-11-13(10-18-20(11)12-6-4-3-5-7-12)16(21)19-15-9-8-14(24-15)17(22)23-2/h3-10H,1-2H3,(H,19,21). The summed E-state index contributed by atoms with van der Waals surface area (Å²) >= 11 is 1.16. The Balaban J connectivity index is 1.80. The molecule has 0 saturated heterocycles. The number of benzene rings is 1. The molecule has 0 radical (unpaired) electrons. The zero-order chi connectivity index (χ0) is 17.1. The number of para-hydroxylation sites is 1. The van der Waals surface area contributed by atoms with E-state index >= 15 is 0 Å². The Bertz CT molecular complexity index is 884. The van der Waals surface area contributed by atoms with E-state index in [0.29, 0.717) is 15.4 Å². The zero-order valence-electron chi connectivity index (χ0n) is 13.1. The minimum Gasteiger partial charge on any atom is -0.465 e. The van der Waals surface area contributed by atoms with E-state index in [1.54, 1.807) is 16.8 Å². The van der Waals surface area contributed by atoms with Gasteiger partial charge in [0.2, 0.25) is 0 Å². The lowest BCUT2D eigenvalue weighted by Crippen LogP contribution is -2.12. The van der Waals surface area contributed by atoms with Crippen molar-refractivity contribution in [1.29, 1.82) is 0 Å². The van der Waals surface area contributed by atoms with Gasteiger partial charge in [0.25, 0.3) is 5.91 Å². The van der Waals surface area contributed by atoms with E-state index < -0.39 is 5.97 Å². The van der Waals surface area contributed by atoms with Crippen molar-refractivity contribution in [3.8, 4) is 5.69 Å². The molecule has 2 aromatic heterocycles. The molecule has 1 amide bonds. The lowest BCUT2D eigenvalue weighted by atomic mass is 10.2. The van der Waals surface area contributed by atoms with Crippen LogP contribution in [-0.2, 0) is 4.74 Å². The molecule has 24 heavy (non-hydrogen) atoms. The van der Waals surface area contributed by atoms with E-state index in [-0.39, 0.29) is 5.91 Å². The lowest BCUT2D eigenvalue weighted by Gasteiger charge is -2.05. The van der Waals surface area contributed by atoms with Crippen molar-refractivity contribution in [3.63, 3.8) is 0 Å². The van der Waals surface area contributed by atoms with Gasteiger partial charge in [0, 0.05) is 0 Å². The minimum absolute atomic E-state index is 0.270. The number of anilines is 1. The van der Waals surface area contributed by atoms with Crippen LogP contribution in [0.1, 0.15) is 25.7 Å². The van der Waals surface area contributed by atoms with Gasteiger partial charge >= 0.3 is 5.97 Å². The van der Waals surface area contributed by atoms with Gasteiger partial charge in [0.05, 0.1) is 35.3 Å². The number of hydrogen-bond donors (Lipinski definition) is 1. The first kappa shape index (κ1) is 15.9. The molecule has 6 nitrogen and oxygen atoms in total. The molecule has 0 aliphatic rings. The van der Waals surface area contributed by atoms with Crippen LogP contribution in [0.5, 0.6) is 0 Å². The van der Waals surface area contributed by atoms with Gasteiger partial charge in [0.1, 0.15) is 4.88 Å². The summed E-state index contributed by atoms with van der Waals surface area (Å²) < 4.78 is 6.37. The number of nitrogens with one attached hydrogen (secondary N) is 1. The van der Waals surface area contributed by atoms with Gasteiger partial charge in [-0.15, -0.1) is 11.3 Å². The molecular weight excluding hydrogens is 326 g/mol. The van der Waals surface area contributed by atoms with Crippen molar-refractivity contribution >= 4 is 28.2 Å². The minimum atomic E-state index is -0.423. The summed E-state index contributed by atoms with van der Waals surface area (Å²) in [7, 11) is 1.32. The van der Waals surface area contributed by atoms with Crippen molar-refractivity contribution in [1.82, 2.24) is 9.78 Å². The van der Waals surface area contributed by atoms with Crippen LogP contribution in [0, 0.1) is 6.92 Å². The molecule has 122 valence electrons. The number of carbonyl (C=O) groups excluding carboxylic acids is 2. The van der Waals surface area contributed by atoms with E-state index in [1.165, 1.54) is 13.3 Å². The molecule has 7 heteroatoms. The predicted molar refractivity (Wildman–Crippen MR) is 91.9 cm³/mol. The number of hydrogen-bond acceptors (Lipinski definition) is 5. The fourth-order valence-electron chi connectivity index (χ4n) is 2.26.